The average Bonchev–Trinajstić information content (AvgIpc) is 2.65. The monoisotopic (exact) mass is 436 g/mol. The Hall–Kier alpha value is -2.29. The molecular formula is C21H19F7O2. The standard InChI is InChI=1S/C21H19F7O2/c1-29-10-11-2-4-12(5-3-11)13-6-15(22)19(16(23)7-13)21(27,28)30-14-8-17(24)20(26)18(25)9-14/h6-9,11-12H,2-5,10H2,1H3. The number of hydrogen-bond acceptors (Lipinski definition) is 2. The van der Waals surface area contributed by atoms with Crippen LogP contribution in [0.4, 0.5) is 30.7 Å². The maximum Gasteiger partial charge on any atom is 0.432 e. The van der Waals surface area contributed by atoms with Crippen molar-refractivity contribution in [3.05, 3.63) is 64.5 Å². The molecule has 0 atom stereocenters. The van der Waals surface area contributed by atoms with Crippen LogP contribution in [0, 0.1) is 35.0 Å². The summed E-state index contributed by atoms with van der Waals surface area (Å²) in [7, 11) is 1.59. The molecule has 2 aromatic carbocycles. The number of ether oxygens (including phenoxy) is 2. The highest BCUT2D eigenvalue weighted by molar-refractivity contribution is 5.33. The van der Waals surface area contributed by atoms with Crippen LogP contribution in [0.15, 0.2) is 24.3 Å². The predicted molar refractivity (Wildman–Crippen MR) is 93.8 cm³/mol. The second-order valence-electron chi connectivity index (χ2n) is 7.35. The van der Waals surface area contributed by atoms with Gasteiger partial charge in [0.05, 0.1) is 0 Å². The SMILES string of the molecule is COCC1CCC(c2cc(F)c(C(F)(F)Oc3cc(F)c(F)c(F)c3)c(F)c2)CC1. The highest BCUT2D eigenvalue weighted by atomic mass is 19.3. The van der Waals surface area contributed by atoms with Crippen LogP contribution in [0.1, 0.15) is 42.7 Å². The number of benzene rings is 2. The molecule has 9 heteroatoms. The molecule has 30 heavy (non-hydrogen) atoms. The molecule has 3 rings (SSSR count). The summed E-state index contributed by atoms with van der Waals surface area (Å²) in [5.41, 5.74) is -1.44. The second kappa shape index (κ2) is 8.83. The third kappa shape index (κ3) is 4.71. The molecule has 0 N–H and O–H groups in total. The first-order chi connectivity index (χ1) is 14.1. The van der Waals surface area contributed by atoms with Crippen molar-refractivity contribution in [1.82, 2.24) is 0 Å². The zero-order valence-electron chi connectivity index (χ0n) is 16.0. The molecule has 0 amide bonds. The Morgan fingerprint density at radius 3 is 1.87 bits per heavy atom. The van der Waals surface area contributed by atoms with Crippen LogP contribution in [0.25, 0.3) is 0 Å². The topological polar surface area (TPSA) is 18.5 Å². The van der Waals surface area contributed by atoms with Gasteiger partial charge in [-0.1, -0.05) is 0 Å². The van der Waals surface area contributed by atoms with E-state index in [-0.39, 0.29) is 23.6 Å². The molecule has 0 bridgehead atoms. The van der Waals surface area contributed by atoms with Crippen molar-refractivity contribution in [1.29, 1.82) is 0 Å². The lowest BCUT2D eigenvalue weighted by Gasteiger charge is -2.29. The van der Waals surface area contributed by atoms with Gasteiger partial charge >= 0.3 is 6.11 Å². The van der Waals surface area contributed by atoms with Gasteiger partial charge in [-0.05, 0) is 55.2 Å². The number of hydrogen-bond donors (Lipinski definition) is 0. The lowest BCUT2D eigenvalue weighted by molar-refractivity contribution is -0.189. The van der Waals surface area contributed by atoms with E-state index in [1.54, 1.807) is 7.11 Å². The molecule has 0 aromatic heterocycles. The maximum absolute atomic E-state index is 14.5. The van der Waals surface area contributed by atoms with Gasteiger partial charge in [-0.15, -0.1) is 0 Å². The number of halogens is 7. The van der Waals surface area contributed by atoms with Crippen molar-refractivity contribution in [2.24, 2.45) is 5.92 Å². The van der Waals surface area contributed by atoms with E-state index in [0.29, 0.717) is 25.4 Å². The number of methoxy groups -OCH3 is 1. The summed E-state index contributed by atoms with van der Waals surface area (Å²) in [4.78, 5) is 0. The molecule has 0 saturated heterocycles. The van der Waals surface area contributed by atoms with Crippen LogP contribution >= 0.6 is 0 Å². The highest BCUT2D eigenvalue weighted by Crippen LogP contribution is 2.40. The Bertz CT molecular complexity index is 862. The van der Waals surface area contributed by atoms with Crippen molar-refractivity contribution in [3.63, 3.8) is 0 Å². The number of alkyl halides is 2. The fourth-order valence-electron chi connectivity index (χ4n) is 3.79. The van der Waals surface area contributed by atoms with E-state index in [4.69, 9.17) is 4.74 Å². The van der Waals surface area contributed by atoms with E-state index in [0.717, 1.165) is 25.0 Å². The number of rotatable bonds is 6. The minimum absolute atomic E-state index is 0.162. The van der Waals surface area contributed by atoms with Crippen LogP contribution in [0.3, 0.4) is 0 Å². The molecule has 0 unspecified atom stereocenters. The van der Waals surface area contributed by atoms with E-state index in [1.807, 2.05) is 0 Å². The Morgan fingerprint density at radius 2 is 1.37 bits per heavy atom. The van der Waals surface area contributed by atoms with E-state index < -0.39 is 46.5 Å². The minimum Gasteiger partial charge on any atom is -0.429 e. The second-order valence-corrected chi connectivity index (χ2v) is 7.35. The summed E-state index contributed by atoms with van der Waals surface area (Å²) in [5.74, 6) is -9.49. The molecule has 0 radical (unpaired) electrons. The van der Waals surface area contributed by atoms with Gasteiger partial charge in [0.2, 0.25) is 0 Å². The molecule has 0 spiro atoms. The van der Waals surface area contributed by atoms with E-state index in [2.05, 4.69) is 4.74 Å². The van der Waals surface area contributed by atoms with Crippen molar-refractivity contribution < 1.29 is 40.2 Å². The van der Waals surface area contributed by atoms with Crippen LogP contribution < -0.4 is 4.74 Å². The molecule has 1 aliphatic rings. The third-order valence-corrected chi connectivity index (χ3v) is 5.28. The largest absolute Gasteiger partial charge is 0.432 e. The van der Waals surface area contributed by atoms with Crippen LogP contribution in [-0.4, -0.2) is 13.7 Å². The summed E-state index contributed by atoms with van der Waals surface area (Å²) in [6.45, 7) is 0.586. The van der Waals surface area contributed by atoms with Gasteiger partial charge in [0.15, 0.2) is 17.5 Å². The lowest BCUT2D eigenvalue weighted by Crippen LogP contribution is -2.26. The van der Waals surface area contributed by atoms with Crippen LogP contribution in [-0.2, 0) is 10.8 Å². The van der Waals surface area contributed by atoms with Crippen molar-refractivity contribution in [3.8, 4) is 5.75 Å². The van der Waals surface area contributed by atoms with Crippen molar-refractivity contribution >= 4 is 0 Å². The van der Waals surface area contributed by atoms with Crippen molar-refractivity contribution in [2.45, 2.75) is 37.7 Å². The van der Waals surface area contributed by atoms with E-state index >= 15 is 0 Å². The minimum atomic E-state index is -4.58. The first kappa shape index (κ1) is 22.4. The average molecular weight is 436 g/mol. The molecule has 164 valence electrons. The Kier molecular flexibility index (Phi) is 6.59. The molecule has 0 heterocycles. The Balaban J connectivity index is 1.82. The normalized spacial score (nSPS) is 19.7. The molecule has 2 aromatic rings. The summed E-state index contributed by atoms with van der Waals surface area (Å²) >= 11 is 0. The molecule has 1 saturated carbocycles. The molecule has 2 nitrogen and oxygen atoms in total. The Morgan fingerprint density at radius 1 is 0.833 bits per heavy atom. The van der Waals surface area contributed by atoms with Gasteiger partial charge in [-0.25, -0.2) is 22.0 Å². The molecule has 0 aliphatic heterocycles. The zero-order chi connectivity index (χ0) is 22.1. The first-order valence-electron chi connectivity index (χ1n) is 9.32. The zero-order valence-corrected chi connectivity index (χ0v) is 16.0. The van der Waals surface area contributed by atoms with Crippen molar-refractivity contribution in [2.75, 3.05) is 13.7 Å². The summed E-state index contributed by atoms with van der Waals surface area (Å²) in [6.07, 6.45) is -1.75. The van der Waals surface area contributed by atoms with E-state index in [9.17, 15) is 30.7 Å². The third-order valence-electron chi connectivity index (χ3n) is 5.28. The van der Waals surface area contributed by atoms with Crippen LogP contribution in [0.5, 0.6) is 5.75 Å². The maximum atomic E-state index is 14.5. The predicted octanol–water partition coefficient (Wildman–Crippen LogP) is 6.43. The molecule has 1 fully saturated rings. The smallest absolute Gasteiger partial charge is 0.429 e. The fraction of sp³-hybridized carbons (Fsp3) is 0.429. The molecule has 1 aliphatic carbocycles. The quantitative estimate of drug-likeness (QED) is 0.384. The van der Waals surface area contributed by atoms with Gasteiger partial charge < -0.3 is 9.47 Å². The van der Waals surface area contributed by atoms with Gasteiger partial charge in [0.1, 0.15) is 22.9 Å². The lowest BCUT2D eigenvalue weighted by atomic mass is 9.79. The summed E-state index contributed by atoms with van der Waals surface area (Å²) in [5, 5.41) is 0. The summed E-state index contributed by atoms with van der Waals surface area (Å²) in [6, 6.07) is 1.97. The van der Waals surface area contributed by atoms with E-state index in [1.165, 1.54) is 0 Å². The van der Waals surface area contributed by atoms with Gasteiger partial charge in [-0.2, -0.15) is 8.78 Å². The Labute approximate surface area is 168 Å². The summed E-state index contributed by atoms with van der Waals surface area (Å²) < 4.78 is 106. The van der Waals surface area contributed by atoms with Gasteiger partial charge in [-0.3, -0.25) is 0 Å². The van der Waals surface area contributed by atoms with Gasteiger partial charge in [0.25, 0.3) is 0 Å². The first-order valence-corrected chi connectivity index (χ1v) is 9.32. The van der Waals surface area contributed by atoms with Gasteiger partial charge in [0, 0.05) is 25.8 Å². The molecular weight excluding hydrogens is 417 g/mol. The highest BCUT2D eigenvalue weighted by Gasteiger charge is 2.42. The fourth-order valence-corrected chi connectivity index (χ4v) is 3.79. The van der Waals surface area contributed by atoms with Crippen LogP contribution in [0.2, 0.25) is 0 Å².